The summed E-state index contributed by atoms with van der Waals surface area (Å²) in [5.41, 5.74) is 0. The summed E-state index contributed by atoms with van der Waals surface area (Å²) in [7, 11) is 0. The maximum absolute atomic E-state index is 10.5. The molecule has 1 rings (SSSR count). The summed E-state index contributed by atoms with van der Waals surface area (Å²) < 4.78 is 10.5. The van der Waals surface area contributed by atoms with E-state index in [1.54, 1.807) is 0 Å². The van der Waals surface area contributed by atoms with Crippen LogP contribution in [-0.4, -0.2) is 14.3 Å². The first-order valence-electron chi connectivity index (χ1n) is 2.41. The zero-order valence-corrected chi connectivity index (χ0v) is 5.83. The predicted molar refractivity (Wildman–Crippen MR) is 25.3 cm³/mol. The minimum absolute atomic E-state index is 1.10. The number of hydrogen-bond donors (Lipinski definition) is 0. The van der Waals surface area contributed by atoms with Gasteiger partial charge in [0.25, 0.3) is 0 Å². The SMILES string of the molecule is [O]=[Ge]1[CH2]CC[CH2]1. The molecule has 0 N–H and O–H groups in total. The van der Waals surface area contributed by atoms with Crippen LogP contribution in [0.25, 0.3) is 0 Å². The summed E-state index contributed by atoms with van der Waals surface area (Å²) in [5, 5.41) is 2.19. The number of rotatable bonds is 0. The van der Waals surface area contributed by atoms with Crippen molar-refractivity contribution in [2.24, 2.45) is 0 Å². The Morgan fingerprint density at radius 2 is 1.67 bits per heavy atom. The van der Waals surface area contributed by atoms with E-state index in [0.717, 1.165) is 10.5 Å². The molecule has 0 aliphatic carbocycles. The van der Waals surface area contributed by atoms with Gasteiger partial charge in [0.2, 0.25) is 0 Å². The first kappa shape index (κ1) is 4.50. The fourth-order valence-corrected chi connectivity index (χ4v) is 4.00. The van der Waals surface area contributed by atoms with Gasteiger partial charge in [0, 0.05) is 0 Å². The van der Waals surface area contributed by atoms with Crippen LogP contribution in [0, 0.1) is 0 Å². The Hall–Kier alpha value is 0.343. The molecule has 0 saturated carbocycles. The van der Waals surface area contributed by atoms with Crippen LogP contribution in [-0.2, 0) is 3.78 Å². The summed E-state index contributed by atoms with van der Waals surface area (Å²) in [5.74, 6) is 0. The van der Waals surface area contributed by atoms with Crippen LogP contribution in [0.2, 0.25) is 10.5 Å². The molecule has 6 heavy (non-hydrogen) atoms. The Bertz CT molecular complexity index is 61.9. The first-order valence-corrected chi connectivity index (χ1v) is 6.23. The molecule has 1 heterocycles. The molecule has 0 aromatic carbocycles. The fourth-order valence-electron chi connectivity index (χ4n) is 0.769. The Labute approximate surface area is 42.1 Å². The molecule has 1 aliphatic heterocycles. The second kappa shape index (κ2) is 1.87. The summed E-state index contributed by atoms with van der Waals surface area (Å²) in [6.07, 6.45) is 2.50. The van der Waals surface area contributed by atoms with Gasteiger partial charge in [0.15, 0.2) is 0 Å². The summed E-state index contributed by atoms with van der Waals surface area (Å²) in [6, 6.07) is 0. The minimum atomic E-state index is -1.52. The first-order chi connectivity index (χ1) is 2.89. The second-order valence-electron chi connectivity index (χ2n) is 1.75. The third kappa shape index (κ3) is 0.900. The van der Waals surface area contributed by atoms with E-state index in [9.17, 15) is 3.78 Å². The van der Waals surface area contributed by atoms with Crippen molar-refractivity contribution in [3.8, 4) is 0 Å². The molecule has 0 radical (unpaired) electrons. The normalized spacial score (nSPS) is 22.3. The molecule has 1 aliphatic rings. The Kier molecular flexibility index (Phi) is 1.40. The van der Waals surface area contributed by atoms with Crippen LogP contribution < -0.4 is 0 Å². The molecule has 34 valence electrons. The predicted octanol–water partition coefficient (Wildman–Crippen LogP) is 1.20. The Morgan fingerprint density at radius 1 is 1.17 bits per heavy atom. The van der Waals surface area contributed by atoms with Crippen LogP contribution in [0.1, 0.15) is 12.8 Å². The average molecular weight is 145 g/mol. The van der Waals surface area contributed by atoms with E-state index in [0.29, 0.717) is 0 Å². The zero-order chi connectivity index (χ0) is 4.41. The van der Waals surface area contributed by atoms with Gasteiger partial charge in [-0.2, -0.15) is 0 Å². The second-order valence-corrected chi connectivity index (χ2v) is 6.10. The molecule has 0 aromatic heterocycles. The zero-order valence-electron chi connectivity index (χ0n) is 3.74. The van der Waals surface area contributed by atoms with Crippen LogP contribution in [0.15, 0.2) is 0 Å². The van der Waals surface area contributed by atoms with Gasteiger partial charge >= 0.3 is 41.4 Å². The van der Waals surface area contributed by atoms with Gasteiger partial charge in [-0.05, 0) is 0 Å². The molecule has 0 amide bonds. The van der Waals surface area contributed by atoms with Gasteiger partial charge in [-0.25, -0.2) is 0 Å². The van der Waals surface area contributed by atoms with E-state index in [-0.39, 0.29) is 0 Å². The average Bonchev–Trinajstić information content (AvgIpc) is 1.86. The van der Waals surface area contributed by atoms with Crippen molar-refractivity contribution in [3.63, 3.8) is 0 Å². The molecule has 0 aromatic rings. The van der Waals surface area contributed by atoms with Gasteiger partial charge in [-0.1, -0.05) is 0 Å². The van der Waals surface area contributed by atoms with Crippen molar-refractivity contribution < 1.29 is 3.78 Å². The molecule has 1 fully saturated rings. The third-order valence-corrected chi connectivity index (χ3v) is 4.98. The van der Waals surface area contributed by atoms with Crippen molar-refractivity contribution in [3.05, 3.63) is 0 Å². The van der Waals surface area contributed by atoms with Crippen molar-refractivity contribution >= 4 is 14.3 Å². The van der Waals surface area contributed by atoms with Crippen LogP contribution >= 0.6 is 0 Å². The van der Waals surface area contributed by atoms with E-state index < -0.39 is 14.3 Å². The van der Waals surface area contributed by atoms with Gasteiger partial charge < -0.3 is 0 Å². The Morgan fingerprint density at radius 3 is 1.83 bits per heavy atom. The molecule has 0 bridgehead atoms. The summed E-state index contributed by atoms with van der Waals surface area (Å²) >= 11 is -1.52. The molecular weight excluding hydrogens is 137 g/mol. The molecule has 0 unspecified atom stereocenters. The van der Waals surface area contributed by atoms with Crippen molar-refractivity contribution in [2.45, 2.75) is 23.3 Å². The fraction of sp³-hybridized carbons (Fsp3) is 1.00. The van der Waals surface area contributed by atoms with E-state index in [2.05, 4.69) is 0 Å². The third-order valence-electron chi connectivity index (χ3n) is 1.16. The van der Waals surface area contributed by atoms with E-state index in [4.69, 9.17) is 0 Å². The molecular formula is C4H8GeO. The van der Waals surface area contributed by atoms with Crippen molar-refractivity contribution in [2.75, 3.05) is 0 Å². The van der Waals surface area contributed by atoms with Gasteiger partial charge in [0.1, 0.15) is 0 Å². The van der Waals surface area contributed by atoms with E-state index in [1.807, 2.05) is 0 Å². The van der Waals surface area contributed by atoms with Gasteiger partial charge in [-0.15, -0.1) is 0 Å². The number of hydrogen-bond acceptors (Lipinski definition) is 1. The van der Waals surface area contributed by atoms with Crippen LogP contribution in [0.4, 0.5) is 0 Å². The van der Waals surface area contributed by atoms with Crippen LogP contribution in [0.3, 0.4) is 0 Å². The summed E-state index contributed by atoms with van der Waals surface area (Å²) in [6.45, 7) is 0. The van der Waals surface area contributed by atoms with Gasteiger partial charge in [-0.3, -0.25) is 0 Å². The molecule has 0 spiro atoms. The monoisotopic (exact) mass is 146 g/mol. The standard InChI is InChI=1S/C4H8GeO/c6-5-3-1-2-4-5/h1-4H2. The van der Waals surface area contributed by atoms with Gasteiger partial charge in [0.05, 0.1) is 0 Å². The topological polar surface area (TPSA) is 17.1 Å². The molecule has 1 saturated heterocycles. The molecule has 1 nitrogen and oxygen atoms in total. The quantitative estimate of drug-likeness (QED) is 0.467. The van der Waals surface area contributed by atoms with E-state index in [1.165, 1.54) is 12.8 Å². The van der Waals surface area contributed by atoms with Crippen molar-refractivity contribution in [1.29, 1.82) is 0 Å². The molecule has 2 heteroatoms. The van der Waals surface area contributed by atoms with E-state index >= 15 is 0 Å². The Balaban J connectivity index is 2.37. The van der Waals surface area contributed by atoms with Crippen LogP contribution in [0.5, 0.6) is 0 Å². The van der Waals surface area contributed by atoms with Crippen molar-refractivity contribution in [1.82, 2.24) is 0 Å². The molecule has 0 atom stereocenters. The summed E-state index contributed by atoms with van der Waals surface area (Å²) in [4.78, 5) is 0. The maximum atomic E-state index is 10.5.